The highest BCUT2D eigenvalue weighted by Gasteiger charge is 2.25. The molecule has 4 aromatic rings. The van der Waals surface area contributed by atoms with Crippen molar-refractivity contribution < 1.29 is 9.53 Å². The Balaban J connectivity index is 1.38. The molecule has 1 saturated carbocycles. The van der Waals surface area contributed by atoms with Gasteiger partial charge in [-0.05, 0) is 74.1 Å². The van der Waals surface area contributed by atoms with Crippen LogP contribution < -0.4 is 10.1 Å². The molecule has 0 radical (unpaired) electrons. The first-order valence-corrected chi connectivity index (χ1v) is 12.1. The molecule has 0 spiro atoms. The summed E-state index contributed by atoms with van der Waals surface area (Å²) < 4.78 is 8.10. The lowest BCUT2D eigenvalue weighted by Crippen LogP contribution is -2.16. The van der Waals surface area contributed by atoms with Gasteiger partial charge in [0.2, 0.25) is 0 Å². The van der Waals surface area contributed by atoms with E-state index in [2.05, 4.69) is 37.6 Å². The van der Waals surface area contributed by atoms with E-state index in [1.54, 1.807) is 12.4 Å². The van der Waals surface area contributed by atoms with E-state index in [9.17, 15) is 4.79 Å². The van der Waals surface area contributed by atoms with Crippen molar-refractivity contribution in [2.45, 2.75) is 45.1 Å². The number of carbonyl (C=O) groups is 1. The second kappa shape index (κ2) is 8.94. The summed E-state index contributed by atoms with van der Waals surface area (Å²) >= 11 is 0. The molecule has 176 valence electrons. The number of amides is 1. The Morgan fingerprint density at radius 2 is 2.00 bits per heavy atom. The van der Waals surface area contributed by atoms with Gasteiger partial charge >= 0.3 is 0 Å². The summed E-state index contributed by atoms with van der Waals surface area (Å²) in [6.45, 7) is 3.31. The Labute approximate surface area is 203 Å². The van der Waals surface area contributed by atoms with Crippen molar-refractivity contribution in [3.05, 3.63) is 71.8 Å². The van der Waals surface area contributed by atoms with Gasteiger partial charge in [0.1, 0.15) is 23.6 Å². The first-order chi connectivity index (χ1) is 17.2. The van der Waals surface area contributed by atoms with Crippen molar-refractivity contribution in [3.8, 4) is 28.4 Å². The molecular formula is C27H26N6O2. The van der Waals surface area contributed by atoms with Crippen molar-refractivity contribution in [2.24, 2.45) is 0 Å². The van der Waals surface area contributed by atoms with Gasteiger partial charge in [-0.2, -0.15) is 0 Å². The lowest BCUT2D eigenvalue weighted by atomic mass is 9.97. The molecule has 1 fully saturated rings. The standard InChI is InChI=1S/C27H26N6O2/c1-17-13-24-21(14-20(17)19-9-10-22(28-15-19)18-7-8-18)27(34)31-25-6-4-5-23(30-25)26-32-29-16-33(26)11-2-3-12-35-24/h4-6,9-10,13-16,18H,2-3,7-8,11-12H2,1H3,(H,30,31,34). The summed E-state index contributed by atoms with van der Waals surface area (Å²) in [5.74, 6) is 2.03. The zero-order valence-corrected chi connectivity index (χ0v) is 19.6. The maximum absolute atomic E-state index is 13.4. The van der Waals surface area contributed by atoms with Gasteiger partial charge in [0.05, 0.1) is 12.2 Å². The number of hydrogen-bond donors (Lipinski definition) is 1. The minimum absolute atomic E-state index is 0.271. The largest absolute Gasteiger partial charge is 0.493 e. The summed E-state index contributed by atoms with van der Waals surface area (Å²) in [4.78, 5) is 22.7. The van der Waals surface area contributed by atoms with Gasteiger partial charge in [-0.1, -0.05) is 12.1 Å². The van der Waals surface area contributed by atoms with E-state index in [0.717, 1.165) is 41.8 Å². The number of fused-ring (bicyclic) bond motifs is 5. The molecule has 8 nitrogen and oxygen atoms in total. The fraction of sp³-hybridized carbons (Fsp3) is 0.296. The molecule has 2 bridgehead atoms. The number of ether oxygens (including phenoxy) is 1. The number of anilines is 1. The molecule has 1 aromatic carbocycles. The summed E-state index contributed by atoms with van der Waals surface area (Å²) in [6, 6.07) is 13.5. The number of benzene rings is 1. The first-order valence-electron chi connectivity index (χ1n) is 12.1. The highest BCUT2D eigenvalue weighted by atomic mass is 16.5. The van der Waals surface area contributed by atoms with E-state index in [4.69, 9.17) is 4.74 Å². The molecule has 35 heavy (non-hydrogen) atoms. The molecule has 8 heteroatoms. The van der Waals surface area contributed by atoms with Crippen LogP contribution in [0, 0.1) is 6.92 Å². The summed E-state index contributed by atoms with van der Waals surface area (Å²) in [5, 5.41) is 11.2. The van der Waals surface area contributed by atoms with Crippen molar-refractivity contribution in [2.75, 3.05) is 11.9 Å². The van der Waals surface area contributed by atoms with Gasteiger partial charge < -0.3 is 14.6 Å². The lowest BCUT2D eigenvalue weighted by molar-refractivity contribution is 0.102. The normalized spacial score (nSPS) is 15.9. The smallest absolute Gasteiger partial charge is 0.260 e. The van der Waals surface area contributed by atoms with Crippen LogP contribution in [0.1, 0.15) is 53.2 Å². The molecule has 2 aliphatic rings. The van der Waals surface area contributed by atoms with Crippen molar-refractivity contribution in [1.82, 2.24) is 24.7 Å². The minimum atomic E-state index is -0.271. The molecule has 0 atom stereocenters. The molecule has 4 heterocycles. The van der Waals surface area contributed by atoms with E-state index in [-0.39, 0.29) is 5.91 Å². The fourth-order valence-electron chi connectivity index (χ4n) is 4.47. The van der Waals surface area contributed by atoms with Crippen LogP contribution in [0.2, 0.25) is 0 Å². The molecule has 6 rings (SSSR count). The van der Waals surface area contributed by atoms with E-state index in [0.29, 0.717) is 41.2 Å². The highest BCUT2D eigenvalue weighted by molar-refractivity contribution is 6.06. The lowest BCUT2D eigenvalue weighted by Gasteiger charge is -2.17. The fourth-order valence-corrected chi connectivity index (χ4v) is 4.47. The molecular weight excluding hydrogens is 440 g/mol. The topological polar surface area (TPSA) is 94.8 Å². The van der Waals surface area contributed by atoms with Crippen LogP contribution in [0.25, 0.3) is 22.6 Å². The molecule has 1 N–H and O–H groups in total. The van der Waals surface area contributed by atoms with Crippen LogP contribution in [-0.2, 0) is 6.54 Å². The molecule has 1 amide bonds. The summed E-state index contributed by atoms with van der Waals surface area (Å²) in [7, 11) is 0. The van der Waals surface area contributed by atoms with Crippen molar-refractivity contribution in [3.63, 3.8) is 0 Å². The third-order valence-corrected chi connectivity index (χ3v) is 6.55. The SMILES string of the molecule is Cc1cc2c(cc1-c1ccc(C3CC3)nc1)C(=O)Nc1cccc(n1)-c1nncn1CCCCO2. The molecule has 0 unspecified atom stereocenters. The maximum Gasteiger partial charge on any atom is 0.260 e. The monoisotopic (exact) mass is 466 g/mol. The third-order valence-electron chi connectivity index (χ3n) is 6.55. The number of carbonyl (C=O) groups excluding carboxylic acids is 1. The Kier molecular flexibility index (Phi) is 5.48. The van der Waals surface area contributed by atoms with Crippen LogP contribution in [0.3, 0.4) is 0 Å². The quantitative estimate of drug-likeness (QED) is 0.446. The van der Waals surface area contributed by atoms with Crippen LogP contribution in [0.4, 0.5) is 5.82 Å². The minimum Gasteiger partial charge on any atom is -0.493 e. The first kappa shape index (κ1) is 21.5. The average molecular weight is 467 g/mol. The predicted octanol–water partition coefficient (Wildman–Crippen LogP) is 5.01. The highest BCUT2D eigenvalue weighted by Crippen LogP contribution is 2.39. The van der Waals surface area contributed by atoms with Gasteiger partial charge in [0.25, 0.3) is 5.91 Å². The Morgan fingerprint density at radius 1 is 1.09 bits per heavy atom. The molecule has 3 aromatic heterocycles. The second-order valence-electron chi connectivity index (χ2n) is 9.18. The van der Waals surface area contributed by atoms with Gasteiger partial charge in [-0.25, -0.2) is 4.98 Å². The Hall–Kier alpha value is -4.07. The van der Waals surface area contributed by atoms with Crippen LogP contribution >= 0.6 is 0 Å². The third kappa shape index (κ3) is 4.39. The van der Waals surface area contributed by atoms with E-state index in [1.165, 1.54) is 12.8 Å². The number of aromatic nitrogens is 5. The average Bonchev–Trinajstić information content (AvgIpc) is 3.61. The number of nitrogens with one attached hydrogen (secondary N) is 1. The van der Waals surface area contributed by atoms with Crippen LogP contribution in [0.5, 0.6) is 5.75 Å². The maximum atomic E-state index is 13.4. The number of rotatable bonds is 2. The number of hydrogen-bond acceptors (Lipinski definition) is 6. The summed E-state index contributed by atoms with van der Waals surface area (Å²) in [5.41, 5.74) is 5.28. The van der Waals surface area contributed by atoms with Crippen molar-refractivity contribution in [1.29, 1.82) is 0 Å². The van der Waals surface area contributed by atoms with Crippen LogP contribution in [0.15, 0.2) is 55.0 Å². The number of pyridine rings is 2. The van der Waals surface area contributed by atoms with Gasteiger partial charge in [0.15, 0.2) is 5.82 Å². The molecule has 0 saturated heterocycles. The van der Waals surface area contributed by atoms with E-state index >= 15 is 0 Å². The second-order valence-corrected chi connectivity index (χ2v) is 9.18. The van der Waals surface area contributed by atoms with Gasteiger partial charge in [0, 0.05) is 29.9 Å². The predicted molar refractivity (Wildman–Crippen MR) is 132 cm³/mol. The van der Waals surface area contributed by atoms with Gasteiger partial charge in [-0.3, -0.25) is 9.78 Å². The van der Waals surface area contributed by atoms with Gasteiger partial charge in [-0.15, -0.1) is 10.2 Å². The number of nitrogens with zero attached hydrogens (tertiary/aromatic N) is 5. The van der Waals surface area contributed by atoms with Crippen LogP contribution in [-0.4, -0.2) is 37.2 Å². The molecule has 1 aliphatic carbocycles. The Morgan fingerprint density at radius 3 is 2.83 bits per heavy atom. The van der Waals surface area contributed by atoms with Crippen molar-refractivity contribution >= 4 is 11.7 Å². The summed E-state index contributed by atoms with van der Waals surface area (Å²) in [6.07, 6.45) is 7.78. The van der Waals surface area contributed by atoms with E-state index in [1.807, 2.05) is 42.0 Å². The Bertz CT molecular complexity index is 1390. The zero-order chi connectivity index (χ0) is 23.8. The zero-order valence-electron chi connectivity index (χ0n) is 19.6. The molecule has 1 aliphatic heterocycles. The number of aryl methyl sites for hydroxylation is 2. The van der Waals surface area contributed by atoms with E-state index < -0.39 is 0 Å².